The minimum absolute atomic E-state index is 0.0207. The Labute approximate surface area is 152 Å². The summed E-state index contributed by atoms with van der Waals surface area (Å²) in [7, 11) is 1.50. The topological polar surface area (TPSA) is 71.3 Å². The number of carbonyl (C=O) groups is 1. The molecule has 0 atom stereocenters. The lowest BCUT2D eigenvalue weighted by atomic mass is 10.1. The van der Waals surface area contributed by atoms with Crippen LogP contribution in [0.2, 0.25) is 0 Å². The summed E-state index contributed by atoms with van der Waals surface area (Å²) in [5, 5.41) is 12.1. The van der Waals surface area contributed by atoms with Crippen molar-refractivity contribution in [3.8, 4) is 29.9 Å². The highest BCUT2D eigenvalue weighted by atomic mass is 16.5. The maximum Gasteiger partial charge on any atom is 0.266 e. The van der Waals surface area contributed by atoms with Crippen LogP contribution in [0.15, 0.2) is 48.0 Å². The van der Waals surface area contributed by atoms with Gasteiger partial charge in [-0.2, -0.15) is 5.26 Å². The number of methoxy groups -OCH3 is 1. The van der Waals surface area contributed by atoms with E-state index < -0.39 is 5.91 Å². The van der Waals surface area contributed by atoms with E-state index in [1.54, 1.807) is 24.3 Å². The molecule has 0 aliphatic heterocycles. The van der Waals surface area contributed by atoms with Crippen molar-refractivity contribution in [3.05, 3.63) is 59.2 Å². The predicted octanol–water partition coefficient (Wildman–Crippen LogP) is 3.56. The van der Waals surface area contributed by atoms with E-state index in [0.717, 1.165) is 5.56 Å². The maximum absolute atomic E-state index is 12.4. The van der Waals surface area contributed by atoms with E-state index in [4.69, 9.17) is 15.9 Å². The Bertz CT molecular complexity index is 918. The van der Waals surface area contributed by atoms with Gasteiger partial charge in [0.15, 0.2) is 11.5 Å². The molecule has 0 aliphatic rings. The molecule has 2 aromatic carbocycles. The second kappa shape index (κ2) is 8.96. The molecule has 0 fully saturated rings. The van der Waals surface area contributed by atoms with Crippen molar-refractivity contribution in [3.63, 3.8) is 0 Å². The number of terminal acetylenes is 1. The first-order valence-electron chi connectivity index (χ1n) is 7.82. The number of anilines is 1. The van der Waals surface area contributed by atoms with Crippen LogP contribution in [0.4, 0.5) is 5.69 Å². The third-order valence-corrected chi connectivity index (χ3v) is 3.57. The second-order valence-corrected chi connectivity index (χ2v) is 5.34. The summed E-state index contributed by atoms with van der Waals surface area (Å²) >= 11 is 0. The fraction of sp³-hybridized carbons (Fsp3) is 0.143. The number of para-hydroxylation sites is 1. The molecule has 0 saturated carbocycles. The van der Waals surface area contributed by atoms with Gasteiger partial charge in [0.05, 0.1) is 7.11 Å². The van der Waals surface area contributed by atoms with Gasteiger partial charge < -0.3 is 14.8 Å². The summed E-state index contributed by atoms with van der Waals surface area (Å²) in [6, 6.07) is 14.3. The van der Waals surface area contributed by atoms with Gasteiger partial charge >= 0.3 is 0 Å². The first-order valence-corrected chi connectivity index (χ1v) is 7.82. The lowest BCUT2D eigenvalue weighted by Crippen LogP contribution is -2.14. The van der Waals surface area contributed by atoms with Gasteiger partial charge in [0.25, 0.3) is 5.91 Å². The van der Waals surface area contributed by atoms with Crippen LogP contribution < -0.4 is 14.8 Å². The van der Waals surface area contributed by atoms with Gasteiger partial charge in [-0.1, -0.05) is 30.2 Å². The highest BCUT2D eigenvalue weighted by Gasteiger charge is 2.12. The number of hydrogen-bond acceptors (Lipinski definition) is 4. The summed E-state index contributed by atoms with van der Waals surface area (Å²) in [5.41, 5.74) is 2.18. The number of nitriles is 1. The fourth-order valence-electron chi connectivity index (χ4n) is 2.23. The van der Waals surface area contributed by atoms with E-state index in [1.165, 1.54) is 13.2 Å². The van der Waals surface area contributed by atoms with Crippen LogP contribution in [0.5, 0.6) is 11.5 Å². The predicted molar refractivity (Wildman–Crippen MR) is 101 cm³/mol. The first-order chi connectivity index (χ1) is 12.6. The Kier molecular flexibility index (Phi) is 6.42. The van der Waals surface area contributed by atoms with Crippen molar-refractivity contribution in [1.82, 2.24) is 0 Å². The summed E-state index contributed by atoms with van der Waals surface area (Å²) in [6.45, 7) is 2.00. The van der Waals surface area contributed by atoms with Crippen LogP contribution >= 0.6 is 0 Å². The number of hydrogen-bond donors (Lipinski definition) is 1. The van der Waals surface area contributed by atoms with E-state index in [-0.39, 0.29) is 12.2 Å². The van der Waals surface area contributed by atoms with Crippen LogP contribution in [0.25, 0.3) is 6.08 Å². The Morgan fingerprint density at radius 1 is 1.27 bits per heavy atom. The zero-order valence-electron chi connectivity index (χ0n) is 14.6. The third-order valence-electron chi connectivity index (χ3n) is 3.57. The zero-order valence-corrected chi connectivity index (χ0v) is 14.6. The quantitative estimate of drug-likeness (QED) is 0.493. The molecule has 0 saturated heterocycles. The molecular weight excluding hydrogens is 328 g/mol. The Morgan fingerprint density at radius 2 is 2.04 bits per heavy atom. The molecular formula is C21H18N2O3. The average Bonchev–Trinajstić information content (AvgIpc) is 2.66. The Balaban J connectivity index is 2.25. The van der Waals surface area contributed by atoms with Gasteiger partial charge in [-0.25, -0.2) is 0 Å². The molecule has 0 unspecified atom stereocenters. The van der Waals surface area contributed by atoms with E-state index in [1.807, 2.05) is 31.2 Å². The number of nitrogens with zero attached hydrogens (tertiary/aromatic N) is 1. The van der Waals surface area contributed by atoms with Crippen molar-refractivity contribution in [2.45, 2.75) is 6.92 Å². The smallest absolute Gasteiger partial charge is 0.266 e. The number of aryl methyl sites for hydroxylation is 1. The highest BCUT2D eigenvalue weighted by molar-refractivity contribution is 6.10. The van der Waals surface area contributed by atoms with Crippen LogP contribution in [0.1, 0.15) is 11.1 Å². The summed E-state index contributed by atoms with van der Waals surface area (Å²) in [4.78, 5) is 12.4. The number of carbonyl (C=O) groups excluding carboxylic acids is 1. The molecule has 1 N–H and O–H groups in total. The molecule has 2 rings (SSSR count). The van der Waals surface area contributed by atoms with Gasteiger partial charge in [0.1, 0.15) is 18.2 Å². The van der Waals surface area contributed by atoms with Crippen molar-refractivity contribution in [2.75, 3.05) is 19.0 Å². The molecule has 1 amide bonds. The lowest BCUT2D eigenvalue weighted by Gasteiger charge is -2.10. The molecule has 0 aliphatic carbocycles. The number of rotatable bonds is 6. The van der Waals surface area contributed by atoms with Gasteiger partial charge in [-0.3, -0.25) is 4.79 Å². The van der Waals surface area contributed by atoms with Crippen LogP contribution in [0.3, 0.4) is 0 Å². The minimum atomic E-state index is -0.478. The minimum Gasteiger partial charge on any atom is -0.493 e. The van der Waals surface area contributed by atoms with Gasteiger partial charge in [0.2, 0.25) is 0 Å². The van der Waals surface area contributed by atoms with Crippen LogP contribution in [-0.4, -0.2) is 19.6 Å². The number of ether oxygens (including phenoxy) is 2. The maximum atomic E-state index is 12.4. The van der Waals surface area contributed by atoms with Gasteiger partial charge in [0, 0.05) is 5.69 Å². The lowest BCUT2D eigenvalue weighted by molar-refractivity contribution is -0.112. The van der Waals surface area contributed by atoms with E-state index in [0.29, 0.717) is 22.7 Å². The molecule has 130 valence electrons. The summed E-state index contributed by atoms with van der Waals surface area (Å²) < 4.78 is 10.6. The van der Waals surface area contributed by atoms with Crippen molar-refractivity contribution >= 4 is 17.7 Å². The largest absolute Gasteiger partial charge is 0.493 e. The fourth-order valence-corrected chi connectivity index (χ4v) is 2.23. The molecule has 0 spiro atoms. The highest BCUT2D eigenvalue weighted by Crippen LogP contribution is 2.29. The molecule has 26 heavy (non-hydrogen) atoms. The monoisotopic (exact) mass is 346 g/mol. The van der Waals surface area contributed by atoms with E-state index in [9.17, 15) is 10.1 Å². The standard InChI is InChI=1S/C21H18N2O3/c1-4-11-26-19-10-9-16(13-20(19)25-3)12-17(14-22)21(24)23-18-8-6-5-7-15(18)2/h1,5-10,12-13H,11H2,2-3H3,(H,23,24)/b17-12-. The van der Waals surface area contributed by atoms with Crippen LogP contribution in [-0.2, 0) is 4.79 Å². The van der Waals surface area contributed by atoms with Gasteiger partial charge in [-0.05, 0) is 42.3 Å². The molecule has 0 heterocycles. The molecule has 2 aromatic rings. The van der Waals surface area contributed by atoms with E-state index in [2.05, 4.69) is 11.2 Å². The van der Waals surface area contributed by atoms with Crippen molar-refractivity contribution in [1.29, 1.82) is 5.26 Å². The zero-order chi connectivity index (χ0) is 18.9. The van der Waals surface area contributed by atoms with E-state index >= 15 is 0 Å². The first kappa shape index (κ1) is 18.6. The second-order valence-electron chi connectivity index (χ2n) is 5.34. The number of nitrogens with one attached hydrogen (secondary N) is 1. The Hall–Kier alpha value is -3.70. The number of amides is 1. The normalized spacial score (nSPS) is 10.4. The summed E-state index contributed by atoms with van der Waals surface area (Å²) in [5.74, 6) is 2.86. The molecule has 5 nitrogen and oxygen atoms in total. The number of benzene rings is 2. The van der Waals surface area contributed by atoms with Crippen molar-refractivity contribution < 1.29 is 14.3 Å². The van der Waals surface area contributed by atoms with Crippen molar-refractivity contribution in [2.24, 2.45) is 0 Å². The third kappa shape index (κ3) is 4.66. The molecule has 0 radical (unpaired) electrons. The summed E-state index contributed by atoms with van der Waals surface area (Å²) in [6.07, 6.45) is 6.67. The average molecular weight is 346 g/mol. The molecule has 5 heteroatoms. The Morgan fingerprint density at radius 3 is 2.69 bits per heavy atom. The molecule has 0 bridgehead atoms. The van der Waals surface area contributed by atoms with Gasteiger partial charge in [-0.15, -0.1) is 6.42 Å². The van der Waals surface area contributed by atoms with Crippen LogP contribution in [0, 0.1) is 30.6 Å². The molecule has 0 aromatic heterocycles. The SMILES string of the molecule is C#CCOc1ccc(/C=C(/C#N)C(=O)Nc2ccccc2C)cc1OC.